The fourth-order valence-corrected chi connectivity index (χ4v) is 2.81. The fraction of sp³-hybridized carbons (Fsp3) is 0.438. The number of methoxy groups -OCH3 is 2. The zero-order chi connectivity index (χ0) is 15.0. The molecule has 0 radical (unpaired) electrons. The van der Waals surface area contributed by atoms with Gasteiger partial charge >= 0.3 is 0 Å². The Balaban J connectivity index is 2.11. The number of rotatable bonds is 4. The third-order valence-electron chi connectivity index (χ3n) is 4.28. The fourth-order valence-electron chi connectivity index (χ4n) is 2.81. The van der Waals surface area contributed by atoms with Crippen LogP contribution in [0.4, 0.5) is 5.82 Å². The van der Waals surface area contributed by atoms with Crippen LogP contribution in [0, 0.1) is 0 Å². The molecule has 1 aromatic carbocycles. The van der Waals surface area contributed by atoms with E-state index in [1.165, 1.54) is 19.3 Å². The minimum absolute atomic E-state index is 0.525. The molecule has 2 aromatic rings. The Kier molecular flexibility index (Phi) is 3.49. The SMILES string of the molecule is COc1ccc(-c2c(C3CCC3)nn(C)c2N)cc1OC. The number of aromatic nitrogens is 2. The molecule has 1 heterocycles. The highest BCUT2D eigenvalue weighted by molar-refractivity contribution is 5.79. The van der Waals surface area contributed by atoms with Gasteiger partial charge in [0.15, 0.2) is 11.5 Å². The van der Waals surface area contributed by atoms with E-state index in [1.807, 2.05) is 25.2 Å². The molecule has 0 aliphatic heterocycles. The molecule has 0 bridgehead atoms. The second-order valence-corrected chi connectivity index (χ2v) is 5.47. The van der Waals surface area contributed by atoms with E-state index in [1.54, 1.807) is 18.9 Å². The third kappa shape index (κ3) is 2.22. The topological polar surface area (TPSA) is 62.3 Å². The number of hydrogen-bond acceptors (Lipinski definition) is 4. The van der Waals surface area contributed by atoms with E-state index < -0.39 is 0 Å². The Hall–Kier alpha value is -2.17. The van der Waals surface area contributed by atoms with E-state index in [9.17, 15) is 0 Å². The van der Waals surface area contributed by atoms with Gasteiger partial charge < -0.3 is 15.2 Å². The van der Waals surface area contributed by atoms with E-state index in [-0.39, 0.29) is 0 Å². The van der Waals surface area contributed by atoms with Crippen LogP contribution in [0.1, 0.15) is 30.9 Å². The minimum Gasteiger partial charge on any atom is -0.493 e. The van der Waals surface area contributed by atoms with Crippen molar-refractivity contribution in [1.82, 2.24) is 9.78 Å². The number of hydrogen-bond donors (Lipinski definition) is 1. The molecule has 0 atom stereocenters. The molecule has 0 unspecified atom stereocenters. The molecule has 1 aromatic heterocycles. The molecule has 5 nitrogen and oxygen atoms in total. The van der Waals surface area contributed by atoms with E-state index >= 15 is 0 Å². The number of nitrogen functional groups attached to an aromatic ring is 1. The number of ether oxygens (including phenoxy) is 2. The zero-order valence-electron chi connectivity index (χ0n) is 12.7. The molecular formula is C16H21N3O2. The van der Waals surface area contributed by atoms with Crippen molar-refractivity contribution in [3.63, 3.8) is 0 Å². The standard InChI is InChI=1S/C16H21N3O2/c1-19-16(17)14(15(18-19)10-5-4-6-10)11-7-8-12(20-2)13(9-11)21-3/h7-10H,4-6,17H2,1-3H3. The maximum absolute atomic E-state index is 6.24. The van der Waals surface area contributed by atoms with Gasteiger partial charge in [-0.1, -0.05) is 12.5 Å². The van der Waals surface area contributed by atoms with E-state index in [0.29, 0.717) is 23.2 Å². The molecule has 112 valence electrons. The molecule has 1 aliphatic rings. The quantitative estimate of drug-likeness (QED) is 0.939. The summed E-state index contributed by atoms with van der Waals surface area (Å²) in [4.78, 5) is 0. The van der Waals surface area contributed by atoms with E-state index in [0.717, 1.165) is 16.8 Å². The molecule has 5 heteroatoms. The van der Waals surface area contributed by atoms with Crippen LogP contribution in [0.3, 0.4) is 0 Å². The van der Waals surface area contributed by atoms with Gasteiger partial charge in [0.05, 0.1) is 19.9 Å². The first-order chi connectivity index (χ1) is 10.2. The number of aryl methyl sites for hydroxylation is 1. The van der Waals surface area contributed by atoms with Crippen molar-refractivity contribution < 1.29 is 9.47 Å². The maximum atomic E-state index is 6.24. The van der Waals surface area contributed by atoms with Gasteiger partial charge in [0.25, 0.3) is 0 Å². The van der Waals surface area contributed by atoms with E-state index in [4.69, 9.17) is 15.2 Å². The average Bonchev–Trinajstić information content (AvgIpc) is 2.72. The van der Waals surface area contributed by atoms with Crippen LogP contribution in [-0.4, -0.2) is 24.0 Å². The predicted octanol–water partition coefficient (Wildman–Crippen LogP) is 2.95. The molecule has 1 aliphatic carbocycles. The molecule has 2 N–H and O–H groups in total. The van der Waals surface area contributed by atoms with Gasteiger partial charge in [0.2, 0.25) is 0 Å². The lowest BCUT2D eigenvalue weighted by Crippen LogP contribution is -2.10. The third-order valence-corrected chi connectivity index (χ3v) is 4.28. The predicted molar refractivity (Wildman–Crippen MR) is 82.8 cm³/mol. The minimum atomic E-state index is 0.525. The Morgan fingerprint density at radius 3 is 2.48 bits per heavy atom. The second kappa shape index (κ2) is 5.31. The molecule has 0 saturated heterocycles. The summed E-state index contributed by atoms with van der Waals surface area (Å²) in [7, 11) is 5.17. The number of nitrogens with two attached hydrogens (primary N) is 1. The highest BCUT2D eigenvalue weighted by Crippen LogP contribution is 2.44. The average molecular weight is 287 g/mol. The van der Waals surface area contributed by atoms with Gasteiger partial charge in [0.1, 0.15) is 5.82 Å². The summed E-state index contributed by atoms with van der Waals surface area (Å²) in [5.74, 6) is 2.65. The second-order valence-electron chi connectivity index (χ2n) is 5.47. The largest absolute Gasteiger partial charge is 0.493 e. The van der Waals surface area contributed by atoms with Crippen molar-refractivity contribution >= 4 is 5.82 Å². The highest BCUT2D eigenvalue weighted by atomic mass is 16.5. The van der Waals surface area contributed by atoms with Crippen LogP contribution in [0.5, 0.6) is 11.5 Å². The normalized spacial score (nSPS) is 14.8. The monoisotopic (exact) mass is 287 g/mol. The summed E-state index contributed by atoms with van der Waals surface area (Å²) < 4.78 is 12.5. The van der Waals surface area contributed by atoms with Crippen molar-refractivity contribution in [3.8, 4) is 22.6 Å². The number of benzene rings is 1. The molecule has 3 rings (SSSR count). The first kappa shape index (κ1) is 13.8. The lowest BCUT2D eigenvalue weighted by molar-refractivity contribution is 0.355. The van der Waals surface area contributed by atoms with Crippen LogP contribution >= 0.6 is 0 Å². The summed E-state index contributed by atoms with van der Waals surface area (Å²) in [6, 6.07) is 5.89. The van der Waals surface area contributed by atoms with Crippen molar-refractivity contribution in [2.75, 3.05) is 20.0 Å². The van der Waals surface area contributed by atoms with Gasteiger partial charge in [-0.25, -0.2) is 0 Å². The van der Waals surface area contributed by atoms with Gasteiger partial charge in [0, 0.05) is 18.5 Å². The summed E-state index contributed by atoms with van der Waals surface area (Å²) in [5.41, 5.74) is 9.41. The first-order valence-corrected chi connectivity index (χ1v) is 7.20. The Morgan fingerprint density at radius 2 is 1.90 bits per heavy atom. The van der Waals surface area contributed by atoms with Crippen molar-refractivity contribution in [2.45, 2.75) is 25.2 Å². The smallest absolute Gasteiger partial charge is 0.161 e. The summed E-state index contributed by atoms with van der Waals surface area (Å²) in [6.45, 7) is 0. The Labute approximate surface area is 124 Å². The van der Waals surface area contributed by atoms with Crippen LogP contribution in [-0.2, 0) is 7.05 Å². The van der Waals surface area contributed by atoms with Gasteiger partial charge in [-0.15, -0.1) is 0 Å². The molecule has 1 saturated carbocycles. The van der Waals surface area contributed by atoms with Crippen LogP contribution in [0.15, 0.2) is 18.2 Å². The van der Waals surface area contributed by atoms with Crippen molar-refractivity contribution in [1.29, 1.82) is 0 Å². The number of nitrogens with zero attached hydrogens (tertiary/aromatic N) is 2. The zero-order valence-corrected chi connectivity index (χ0v) is 12.7. The summed E-state index contributed by atoms with van der Waals surface area (Å²) in [6.07, 6.45) is 3.65. The van der Waals surface area contributed by atoms with Crippen LogP contribution < -0.4 is 15.2 Å². The van der Waals surface area contributed by atoms with Gasteiger partial charge in [-0.05, 0) is 30.5 Å². The van der Waals surface area contributed by atoms with E-state index in [2.05, 4.69) is 5.10 Å². The molecule has 0 amide bonds. The summed E-state index contributed by atoms with van der Waals surface area (Å²) in [5, 5.41) is 4.63. The van der Waals surface area contributed by atoms with Crippen molar-refractivity contribution in [3.05, 3.63) is 23.9 Å². The highest BCUT2D eigenvalue weighted by Gasteiger charge is 2.28. The van der Waals surface area contributed by atoms with Crippen LogP contribution in [0.25, 0.3) is 11.1 Å². The number of anilines is 1. The Morgan fingerprint density at radius 1 is 1.19 bits per heavy atom. The summed E-state index contributed by atoms with van der Waals surface area (Å²) >= 11 is 0. The lowest BCUT2D eigenvalue weighted by atomic mass is 9.80. The molecule has 21 heavy (non-hydrogen) atoms. The molecule has 0 spiro atoms. The van der Waals surface area contributed by atoms with Crippen LogP contribution in [0.2, 0.25) is 0 Å². The molecule has 1 fully saturated rings. The molecular weight excluding hydrogens is 266 g/mol. The maximum Gasteiger partial charge on any atom is 0.161 e. The van der Waals surface area contributed by atoms with Gasteiger partial charge in [-0.2, -0.15) is 5.10 Å². The lowest BCUT2D eigenvalue weighted by Gasteiger charge is -2.24. The van der Waals surface area contributed by atoms with Gasteiger partial charge in [-0.3, -0.25) is 4.68 Å². The first-order valence-electron chi connectivity index (χ1n) is 7.20. The Bertz CT molecular complexity index is 660. The van der Waals surface area contributed by atoms with Crippen molar-refractivity contribution in [2.24, 2.45) is 7.05 Å².